The van der Waals surface area contributed by atoms with Crippen molar-refractivity contribution in [1.29, 1.82) is 0 Å². The van der Waals surface area contributed by atoms with Crippen LogP contribution in [-0.4, -0.2) is 36.1 Å². The fraction of sp³-hybridized carbons (Fsp3) is 0.200. The second-order valence-corrected chi connectivity index (χ2v) is 9.08. The van der Waals surface area contributed by atoms with Gasteiger partial charge in [0.1, 0.15) is 17.4 Å². The summed E-state index contributed by atoms with van der Waals surface area (Å²) in [7, 11) is 1.52. The highest BCUT2D eigenvalue weighted by molar-refractivity contribution is 8.01. The van der Waals surface area contributed by atoms with Crippen molar-refractivity contribution in [2.45, 2.75) is 11.4 Å². The fourth-order valence-corrected chi connectivity index (χ4v) is 5.91. The lowest BCUT2D eigenvalue weighted by molar-refractivity contribution is -0.123. The Morgan fingerprint density at radius 3 is 2.48 bits per heavy atom. The molecule has 5 nitrogen and oxygen atoms in total. The molecule has 5 rings (SSSR count). The summed E-state index contributed by atoms with van der Waals surface area (Å²) in [5.74, 6) is -1.06. The molecule has 2 amide bonds. The Hall–Kier alpha value is -3.39. The molecule has 1 fully saturated rings. The van der Waals surface area contributed by atoms with Crippen LogP contribution in [0, 0.1) is 11.6 Å². The van der Waals surface area contributed by atoms with E-state index in [1.54, 1.807) is 47.4 Å². The highest BCUT2D eigenvalue weighted by atomic mass is 32.2. The minimum atomic E-state index is -1.33. The summed E-state index contributed by atoms with van der Waals surface area (Å²) in [5.41, 5.74) is 1.35. The smallest absolute Gasteiger partial charge is 0.268 e. The maximum Gasteiger partial charge on any atom is 0.268 e. The maximum absolute atomic E-state index is 14.5. The number of thioether (sulfide) groups is 1. The zero-order valence-corrected chi connectivity index (χ0v) is 18.6. The van der Waals surface area contributed by atoms with E-state index >= 15 is 0 Å². The molecule has 168 valence electrons. The fourth-order valence-electron chi connectivity index (χ4n) is 4.46. The largest absolute Gasteiger partial charge is 0.497 e. The first kappa shape index (κ1) is 21.5. The van der Waals surface area contributed by atoms with Gasteiger partial charge in [-0.3, -0.25) is 9.59 Å². The SMILES string of the molecule is COc1ccc2c(c1)[C@]1(SCCN1C(=O)c1ccccc1)C(=O)N2Cc1c(F)cccc1F. The van der Waals surface area contributed by atoms with Gasteiger partial charge in [-0.05, 0) is 42.5 Å². The molecule has 8 heteroatoms. The third-order valence-corrected chi connectivity index (χ3v) is 7.46. The second kappa shape index (κ2) is 8.19. The van der Waals surface area contributed by atoms with Gasteiger partial charge in [-0.15, -0.1) is 11.8 Å². The van der Waals surface area contributed by atoms with Gasteiger partial charge in [-0.2, -0.15) is 0 Å². The molecule has 3 aromatic carbocycles. The number of halogens is 2. The minimum Gasteiger partial charge on any atom is -0.497 e. The Morgan fingerprint density at radius 2 is 1.79 bits per heavy atom. The maximum atomic E-state index is 14.5. The van der Waals surface area contributed by atoms with Crippen LogP contribution in [0.15, 0.2) is 66.7 Å². The Balaban J connectivity index is 1.64. The van der Waals surface area contributed by atoms with E-state index in [1.165, 1.54) is 42.0 Å². The van der Waals surface area contributed by atoms with E-state index in [1.807, 2.05) is 6.07 Å². The molecule has 33 heavy (non-hydrogen) atoms. The number of nitrogens with zero attached hydrogens (tertiary/aromatic N) is 2. The van der Waals surface area contributed by atoms with Gasteiger partial charge in [0.15, 0.2) is 4.87 Å². The molecule has 0 N–H and O–H groups in total. The van der Waals surface area contributed by atoms with Crippen molar-refractivity contribution in [2.24, 2.45) is 0 Å². The summed E-state index contributed by atoms with van der Waals surface area (Å²) >= 11 is 1.35. The number of carbonyl (C=O) groups is 2. The Bertz CT molecular complexity index is 1230. The summed E-state index contributed by atoms with van der Waals surface area (Å²) in [6.07, 6.45) is 0. The van der Waals surface area contributed by atoms with E-state index in [9.17, 15) is 18.4 Å². The topological polar surface area (TPSA) is 49.9 Å². The van der Waals surface area contributed by atoms with Crippen LogP contribution in [0.3, 0.4) is 0 Å². The third kappa shape index (κ3) is 3.28. The monoisotopic (exact) mass is 466 g/mol. The normalized spacial score (nSPS) is 19.3. The van der Waals surface area contributed by atoms with E-state index in [0.717, 1.165) is 0 Å². The molecule has 0 bridgehead atoms. The number of fused-ring (bicyclic) bond motifs is 2. The van der Waals surface area contributed by atoms with Gasteiger partial charge in [-0.1, -0.05) is 24.3 Å². The van der Waals surface area contributed by atoms with E-state index in [4.69, 9.17) is 4.74 Å². The molecule has 0 aliphatic carbocycles. The van der Waals surface area contributed by atoms with Crippen molar-refractivity contribution in [1.82, 2.24) is 4.90 Å². The zero-order chi connectivity index (χ0) is 23.2. The highest BCUT2D eigenvalue weighted by Crippen LogP contribution is 2.55. The highest BCUT2D eigenvalue weighted by Gasteiger charge is 2.59. The molecule has 1 saturated heterocycles. The number of amides is 2. The first-order valence-corrected chi connectivity index (χ1v) is 11.4. The van der Waals surface area contributed by atoms with Gasteiger partial charge in [0, 0.05) is 29.0 Å². The quantitative estimate of drug-likeness (QED) is 0.566. The molecule has 0 radical (unpaired) electrons. The van der Waals surface area contributed by atoms with Gasteiger partial charge in [0.25, 0.3) is 11.8 Å². The predicted octanol–water partition coefficient (Wildman–Crippen LogP) is 4.56. The third-order valence-electron chi connectivity index (χ3n) is 6.04. The number of anilines is 1. The number of rotatable bonds is 4. The second-order valence-electron chi connectivity index (χ2n) is 7.79. The van der Waals surface area contributed by atoms with Gasteiger partial charge < -0.3 is 14.5 Å². The summed E-state index contributed by atoms with van der Waals surface area (Å²) in [4.78, 5) is 29.1. The number of methoxy groups -OCH3 is 1. The number of ether oxygens (including phenoxy) is 1. The molecule has 0 aromatic heterocycles. The van der Waals surface area contributed by atoms with E-state index in [0.29, 0.717) is 34.9 Å². The molecular formula is C25H20F2N2O3S. The van der Waals surface area contributed by atoms with E-state index < -0.39 is 22.4 Å². The Morgan fingerprint density at radius 1 is 1.06 bits per heavy atom. The van der Waals surface area contributed by atoms with Crippen molar-refractivity contribution >= 4 is 29.3 Å². The van der Waals surface area contributed by atoms with Gasteiger partial charge in [0.05, 0.1) is 19.3 Å². The summed E-state index contributed by atoms with van der Waals surface area (Å²) in [5, 5.41) is 0. The molecule has 0 unspecified atom stereocenters. The van der Waals surface area contributed by atoms with Gasteiger partial charge >= 0.3 is 0 Å². The first-order chi connectivity index (χ1) is 16.0. The van der Waals surface area contributed by atoms with Gasteiger partial charge in [0.2, 0.25) is 0 Å². The first-order valence-electron chi connectivity index (χ1n) is 10.4. The average Bonchev–Trinajstić information content (AvgIpc) is 3.38. The lowest BCUT2D eigenvalue weighted by Gasteiger charge is -2.33. The molecule has 0 saturated carbocycles. The van der Waals surface area contributed by atoms with Crippen molar-refractivity contribution in [3.05, 3.63) is 95.1 Å². The molecule has 1 spiro atoms. The lowest BCUT2D eigenvalue weighted by atomic mass is 10.0. The predicted molar refractivity (Wildman–Crippen MR) is 122 cm³/mol. The van der Waals surface area contributed by atoms with Crippen LogP contribution in [0.4, 0.5) is 14.5 Å². The van der Waals surface area contributed by atoms with Crippen molar-refractivity contribution in [2.75, 3.05) is 24.3 Å². The van der Waals surface area contributed by atoms with Crippen molar-refractivity contribution in [3.8, 4) is 5.75 Å². The molecule has 3 aromatic rings. The molecule has 2 heterocycles. The Labute approximate surface area is 193 Å². The summed E-state index contributed by atoms with van der Waals surface area (Å²) in [6, 6.07) is 17.5. The van der Waals surface area contributed by atoms with Crippen LogP contribution in [0.5, 0.6) is 5.75 Å². The van der Waals surface area contributed by atoms with Crippen LogP contribution in [0.2, 0.25) is 0 Å². The molecular weight excluding hydrogens is 446 g/mol. The van der Waals surface area contributed by atoms with Gasteiger partial charge in [-0.25, -0.2) is 8.78 Å². The number of benzene rings is 3. The average molecular weight is 467 g/mol. The Kier molecular flexibility index (Phi) is 5.32. The minimum absolute atomic E-state index is 0.200. The molecule has 2 aliphatic heterocycles. The number of carbonyl (C=O) groups excluding carboxylic acids is 2. The molecule has 1 atom stereocenters. The van der Waals surface area contributed by atoms with Crippen LogP contribution < -0.4 is 9.64 Å². The van der Waals surface area contributed by atoms with E-state index in [2.05, 4.69) is 0 Å². The van der Waals surface area contributed by atoms with Crippen LogP contribution >= 0.6 is 11.8 Å². The summed E-state index contributed by atoms with van der Waals surface area (Å²) < 4.78 is 34.3. The van der Waals surface area contributed by atoms with Crippen molar-refractivity contribution in [3.63, 3.8) is 0 Å². The number of hydrogen-bond acceptors (Lipinski definition) is 4. The summed E-state index contributed by atoms with van der Waals surface area (Å²) in [6.45, 7) is 0.0784. The zero-order valence-electron chi connectivity index (χ0n) is 17.8. The standard InChI is InChI=1S/C25H20F2N2O3S/c1-32-17-10-11-22-19(14-17)25(24(31)28(22)15-18-20(26)8-5-9-21(18)27)29(12-13-33-25)23(30)16-6-3-2-4-7-16/h2-11,14H,12-13,15H2,1H3/t25-/m0/s1. The lowest BCUT2D eigenvalue weighted by Crippen LogP contribution is -2.50. The van der Waals surface area contributed by atoms with Crippen LogP contribution in [0.1, 0.15) is 21.5 Å². The van der Waals surface area contributed by atoms with E-state index in [-0.39, 0.29) is 18.0 Å². The number of hydrogen-bond donors (Lipinski definition) is 0. The molecule has 2 aliphatic rings. The van der Waals surface area contributed by atoms with Crippen molar-refractivity contribution < 1.29 is 23.1 Å². The van der Waals surface area contributed by atoms with Crippen LogP contribution in [0.25, 0.3) is 0 Å². The van der Waals surface area contributed by atoms with Crippen LogP contribution in [-0.2, 0) is 16.2 Å².